The van der Waals surface area contributed by atoms with Crippen LogP contribution in [0.2, 0.25) is 0 Å². The van der Waals surface area contributed by atoms with Gasteiger partial charge < -0.3 is 10.5 Å². The third kappa shape index (κ3) is 3.08. The smallest absolute Gasteiger partial charge is 0.399 e. The van der Waals surface area contributed by atoms with E-state index in [0.717, 1.165) is 12.1 Å². The van der Waals surface area contributed by atoms with E-state index in [9.17, 15) is 13.2 Å². The first-order chi connectivity index (χ1) is 6.41. The van der Waals surface area contributed by atoms with Crippen molar-refractivity contribution in [3.63, 3.8) is 0 Å². The minimum absolute atomic E-state index is 0.171. The van der Waals surface area contributed by atoms with Gasteiger partial charge in [-0.2, -0.15) is 13.2 Å². The monoisotopic (exact) mass is 205 g/mol. The molecule has 0 atom stereocenters. The Morgan fingerprint density at radius 1 is 1.29 bits per heavy atom. The van der Waals surface area contributed by atoms with Gasteiger partial charge in [0.25, 0.3) is 0 Å². The molecule has 1 rings (SSSR count). The van der Waals surface area contributed by atoms with Crippen LogP contribution in [0.5, 0.6) is 0 Å². The van der Waals surface area contributed by atoms with Crippen LogP contribution >= 0.6 is 0 Å². The Hall–Kier alpha value is -1.52. The highest BCUT2D eigenvalue weighted by atomic mass is 19.4. The van der Waals surface area contributed by atoms with E-state index in [4.69, 9.17) is 10.5 Å². The summed E-state index contributed by atoms with van der Waals surface area (Å²) in [5.41, 5.74) is 5.44. The zero-order chi connectivity index (χ0) is 11.4. The average Bonchev–Trinajstić information content (AvgIpc) is 2.11. The topological polar surface area (TPSA) is 43.1 Å². The third-order valence-electron chi connectivity index (χ3n) is 1.61. The molecular weight excluding hydrogens is 195 g/mol. The lowest BCUT2D eigenvalue weighted by molar-refractivity contribution is -0.137. The number of hydrogen-bond donors (Lipinski definition) is 1. The molecule has 0 radical (unpaired) electrons. The standard InChI is InChI=1S/C8H8F3N.CH2O/c1-5-2-3-6(4-7(5)12)8(9,10)11;1-2/h2-4H,12H2,1H3;1H2. The van der Waals surface area contributed by atoms with Gasteiger partial charge in [-0.05, 0) is 24.6 Å². The van der Waals surface area contributed by atoms with Gasteiger partial charge in [0.05, 0.1) is 5.56 Å². The fourth-order valence-electron chi connectivity index (χ4n) is 0.817. The molecule has 0 saturated carbocycles. The Bertz CT molecular complexity index is 309. The van der Waals surface area contributed by atoms with Gasteiger partial charge in [-0.3, -0.25) is 0 Å². The van der Waals surface area contributed by atoms with Crippen molar-refractivity contribution in [3.05, 3.63) is 29.3 Å². The Balaban J connectivity index is 0.000000791. The number of nitrogen functional groups attached to an aromatic ring is 1. The molecule has 0 aliphatic rings. The van der Waals surface area contributed by atoms with Gasteiger partial charge in [-0.25, -0.2) is 0 Å². The normalized spacial score (nSPS) is 10.3. The SMILES string of the molecule is C=O.Cc1ccc(C(F)(F)F)cc1N. The number of anilines is 1. The number of carbonyl (C=O) groups excluding carboxylic acids is 1. The van der Waals surface area contributed by atoms with Gasteiger partial charge in [-0.1, -0.05) is 6.07 Å². The summed E-state index contributed by atoms with van der Waals surface area (Å²) in [5, 5.41) is 0. The first-order valence-electron chi connectivity index (χ1n) is 3.63. The molecule has 0 bridgehead atoms. The molecule has 0 amide bonds. The van der Waals surface area contributed by atoms with Crippen molar-refractivity contribution in [1.29, 1.82) is 0 Å². The Labute approximate surface area is 79.5 Å². The summed E-state index contributed by atoms with van der Waals surface area (Å²) in [6.45, 7) is 3.66. The van der Waals surface area contributed by atoms with Crippen molar-refractivity contribution < 1.29 is 18.0 Å². The number of nitrogens with two attached hydrogens (primary N) is 1. The van der Waals surface area contributed by atoms with Crippen LogP contribution in [0.15, 0.2) is 18.2 Å². The second kappa shape index (κ2) is 4.64. The number of benzene rings is 1. The Kier molecular flexibility index (Phi) is 4.14. The molecule has 1 aromatic rings. The molecule has 14 heavy (non-hydrogen) atoms. The maximum atomic E-state index is 12.0. The highest BCUT2D eigenvalue weighted by Crippen LogP contribution is 2.30. The van der Waals surface area contributed by atoms with Crippen molar-refractivity contribution in [1.82, 2.24) is 0 Å². The van der Waals surface area contributed by atoms with E-state index in [2.05, 4.69) is 0 Å². The summed E-state index contributed by atoms with van der Waals surface area (Å²) >= 11 is 0. The number of hydrogen-bond acceptors (Lipinski definition) is 2. The molecule has 0 aliphatic heterocycles. The fraction of sp³-hybridized carbons (Fsp3) is 0.222. The first kappa shape index (κ1) is 12.5. The minimum atomic E-state index is -4.30. The molecule has 0 unspecified atom stereocenters. The summed E-state index contributed by atoms with van der Waals surface area (Å²) in [5.74, 6) is 0. The predicted octanol–water partition coefficient (Wildman–Crippen LogP) is 2.41. The van der Waals surface area contributed by atoms with Crippen molar-refractivity contribution in [2.24, 2.45) is 0 Å². The van der Waals surface area contributed by atoms with Crippen LogP contribution in [0.4, 0.5) is 18.9 Å². The maximum absolute atomic E-state index is 12.0. The molecule has 78 valence electrons. The van der Waals surface area contributed by atoms with Crippen molar-refractivity contribution in [2.45, 2.75) is 13.1 Å². The molecule has 0 aliphatic carbocycles. The molecule has 0 spiro atoms. The number of rotatable bonds is 0. The highest BCUT2D eigenvalue weighted by Gasteiger charge is 2.30. The lowest BCUT2D eigenvalue weighted by Gasteiger charge is -2.07. The second-order valence-electron chi connectivity index (χ2n) is 2.57. The molecule has 0 fully saturated rings. The van der Waals surface area contributed by atoms with Gasteiger partial charge in [0.2, 0.25) is 0 Å². The highest BCUT2D eigenvalue weighted by molar-refractivity contribution is 5.48. The minimum Gasteiger partial charge on any atom is -0.399 e. The molecule has 2 nitrogen and oxygen atoms in total. The summed E-state index contributed by atoms with van der Waals surface area (Å²) in [7, 11) is 0. The zero-order valence-corrected chi connectivity index (χ0v) is 7.56. The van der Waals surface area contributed by atoms with Crippen molar-refractivity contribution in [2.75, 3.05) is 5.73 Å². The lowest BCUT2D eigenvalue weighted by Crippen LogP contribution is -2.05. The van der Waals surface area contributed by atoms with E-state index >= 15 is 0 Å². The van der Waals surface area contributed by atoms with Crippen LogP contribution in [-0.4, -0.2) is 6.79 Å². The van der Waals surface area contributed by atoms with E-state index in [1.165, 1.54) is 6.07 Å². The van der Waals surface area contributed by atoms with Gasteiger partial charge in [-0.15, -0.1) is 0 Å². The van der Waals surface area contributed by atoms with Gasteiger partial charge in [0.1, 0.15) is 6.79 Å². The number of aryl methyl sites for hydroxylation is 1. The van der Waals surface area contributed by atoms with Crippen molar-refractivity contribution >= 4 is 12.5 Å². The molecular formula is C9H10F3NO. The van der Waals surface area contributed by atoms with E-state index in [1.807, 2.05) is 6.79 Å². The van der Waals surface area contributed by atoms with Crippen LogP contribution in [0.1, 0.15) is 11.1 Å². The van der Waals surface area contributed by atoms with Gasteiger partial charge in [0.15, 0.2) is 0 Å². The van der Waals surface area contributed by atoms with Gasteiger partial charge >= 0.3 is 6.18 Å². The molecule has 0 heterocycles. The van der Waals surface area contributed by atoms with E-state index in [-0.39, 0.29) is 5.69 Å². The quantitative estimate of drug-likeness (QED) is 0.661. The van der Waals surface area contributed by atoms with Crippen LogP contribution in [0, 0.1) is 6.92 Å². The molecule has 2 N–H and O–H groups in total. The molecule has 1 aromatic carbocycles. The van der Waals surface area contributed by atoms with Gasteiger partial charge in [0, 0.05) is 5.69 Å². The zero-order valence-electron chi connectivity index (χ0n) is 7.56. The summed E-state index contributed by atoms with van der Waals surface area (Å²) in [6.07, 6.45) is -4.30. The summed E-state index contributed by atoms with van der Waals surface area (Å²) in [4.78, 5) is 8.00. The molecule has 0 saturated heterocycles. The fourth-order valence-corrected chi connectivity index (χ4v) is 0.817. The second-order valence-corrected chi connectivity index (χ2v) is 2.57. The predicted molar refractivity (Wildman–Crippen MR) is 47.7 cm³/mol. The number of carbonyl (C=O) groups is 1. The summed E-state index contributed by atoms with van der Waals surface area (Å²) in [6, 6.07) is 3.32. The third-order valence-corrected chi connectivity index (χ3v) is 1.61. The summed E-state index contributed by atoms with van der Waals surface area (Å²) < 4.78 is 36.1. The van der Waals surface area contributed by atoms with Crippen LogP contribution in [-0.2, 0) is 11.0 Å². The number of halogens is 3. The number of alkyl halides is 3. The van der Waals surface area contributed by atoms with E-state index in [0.29, 0.717) is 5.56 Å². The largest absolute Gasteiger partial charge is 0.416 e. The van der Waals surface area contributed by atoms with E-state index in [1.54, 1.807) is 6.92 Å². The molecule has 0 aromatic heterocycles. The Morgan fingerprint density at radius 3 is 2.14 bits per heavy atom. The maximum Gasteiger partial charge on any atom is 0.416 e. The van der Waals surface area contributed by atoms with Crippen molar-refractivity contribution in [3.8, 4) is 0 Å². The van der Waals surface area contributed by atoms with Crippen LogP contribution in [0.3, 0.4) is 0 Å². The van der Waals surface area contributed by atoms with Crippen LogP contribution in [0.25, 0.3) is 0 Å². The Morgan fingerprint density at radius 2 is 1.79 bits per heavy atom. The molecule has 5 heteroatoms. The lowest BCUT2D eigenvalue weighted by atomic mass is 10.1. The average molecular weight is 205 g/mol. The van der Waals surface area contributed by atoms with E-state index < -0.39 is 11.7 Å². The first-order valence-corrected chi connectivity index (χ1v) is 3.63. The van der Waals surface area contributed by atoms with Crippen LogP contribution < -0.4 is 5.73 Å².